The predicted molar refractivity (Wildman–Crippen MR) is 71.2 cm³/mol. The van der Waals surface area contributed by atoms with Gasteiger partial charge in [0.1, 0.15) is 10.6 Å². The minimum absolute atomic E-state index is 0.118. The highest BCUT2D eigenvalue weighted by Crippen LogP contribution is 2.42. The molecular formula is C11H11Cl2NO4S. The topological polar surface area (TPSA) is 72.5 Å². The number of amides is 1. The Hall–Kier alpha value is -0.980. The summed E-state index contributed by atoms with van der Waals surface area (Å²) in [6.45, 7) is 1.66. The Morgan fingerprint density at radius 3 is 2.74 bits per heavy atom. The molecule has 0 radical (unpaired) electrons. The number of benzene rings is 1. The molecule has 1 aliphatic heterocycles. The van der Waals surface area contributed by atoms with Gasteiger partial charge in [0, 0.05) is 34.6 Å². The molecule has 5 nitrogen and oxygen atoms in total. The summed E-state index contributed by atoms with van der Waals surface area (Å²) in [4.78, 5) is 11.0. The molecule has 19 heavy (non-hydrogen) atoms. The number of fused-ring (bicyclic) bond motifs is 1. The zero-order valence-electron chi connectivity index (χ0n) is 9.94. The van der Waals surface area contributed by atoms with Crippen molar-refractivity contribution in [2.24, 2.45) is 0 Å². The summed E-state index contributed by atoms with van der Waals surface area (Å²) in [5.41, 5.74) is 0.449. The van der Waals surface area contributed by atoms with Gasteiger partial charge in [-0.3, -0.25) is 4.79 Å². The van der Waals surface area contributed by atoms with Crippen LogP contribution in [0.1, 0.15) is 24.9 Å². The summed E-state index contributed by atoms with van der Waals surface area (Å²) in [6.07, 6.45) is 0.512. The third kappa shape index (κ3) is 2.96. The van der Waals surface area contributed by atoms with E-state index in [0.717, 1.165) is 0 Å². The van der Waals surface area contributed by atoms with E-state index < -0.39 is 9.05 Å². The summed E-state index contributed by atoms with van der Waals surface area (Å²) in [5.74, 6) is -0.111. The van der Waals surface area contributed by atoms with Crippen LogP contribution in [0.3, 0.4) is 0 Å². The summed E-state index contributed by atoms with van der Waals surface area (Å²) in [5, 5.41) is 3.05. The van der Waals surface area contributed by atoms with Crippen LogP contribution in [-0.4, -0.2) is 20.9 Å². The molecule has 1 unspecified atom stereocenters. The number of nitrogens with one attached hydrogen (secondary N) is 1. The molecule has 0 saturated heterocycles. The number of carbonyl (C=O) groups excluding carboxylic acids is 1. The molecule has 2 rings (SSSR count). The van der Waals surface area contributed by atoms with E-state index in [9.17, 15) is 13.2 Å². The molecule has 0 aromatic heterocycles. The van der Waals surface area contributed by atoms with Gasteiger partial charge in [-0.15, -0.1) is 0 Å². The van der Waals surface area contributed by atoms with Crippen LogP contribution in [0.4, 0.5) is 0 Å². The molecule has 1 aromatic rings. The Bertz CT molecular complexity index is 630. The molecule has 1 N–H and O–H groups in total. The molecule has 104 valence electrons. The molecule has 1 heterocycles. The molecule has 0 fully saturated rings. The van der Waals surface area contributed by atoms with E-state index in [1.165, 1.54) is 19.1 Å². The second-order valence-corrected chi connectivity index (χ2v) is 7.06. The van der Waals surface area contributed by atoms with Crippen LogP contribution >= 0.6 is 22.3 Å². The van der Waals surface area contributed by atoms with Gasteiger partial charge >= 0.3 is 0 Å². The maximum absolute atomic E-state index is 11.5. The van der Waals surface area contributed by atoms with Gasteiger partial charge in [-0.05, 0) is 12.1 Å². The Morgan fingerprint density at radius 2 is 2.16 bits per heavy atom. The monoisotopic (exact) mass is 323 g/mol. The van der Waals surface area contributed by atoms with E-state index in [1.807, 2.05) is 0 Å². The van der Waals surface area contributed by atoms with Crippen molar-refractivity contribution in [3.8, 4) is 5.75 Å². The zero-order chi connectivity index (χ0) is 14.2. The number of hydrogen-bond donors (Lipinski definition) is 1. The van der Waals surface area contributed by atoms with Crippen molar-refractivity contribution >= 4 is 37.2 Å². The lowest BCUT2D eigenvalue weighted by Gasteiger charge is -2.28. The van der Waals surface area contributed by atoms with Crippen LogP contribution in [0, 0.1) is 0 Å². The van der Waals surface area contributed by atoms with E-state index in [2.05, 4.69) is 5.32 Å². The minimum Gasteiger partial charge on any atom is -0.492 e. The van der Waals surface area contributed by atoms with Crippen molar-refractivity contribution < 1.29 is 17.9 Å². The molecule has 1 aliphatic rings. The number of halogens is 2. The average molecular weight is 324 g/mol. The number of carbonyl (C=O) groups is 1. The SMILES string of the molecule is CC(=O)NC1CCOc2c(S(=O)(=O)Cl)ccc(Cl)c21. The zero-order valence-corrected chi connectivity index (χ0v) is 12.3. The van der Waals surface area contributed by atoms with Crippen LogP contribution in [0.2, 0.25) is 5.02 Å². The molecule has 0 spiro atoms. The highest BCUT2D eigenvalue weighted by molar-refractivity contribution is 8.13. The Kier molecular flexibility index (Phi) is 3.94. The first-order valence-electron chi connectivity index (χ1n) is 5.47. The first-order chi connectivity index (χ1) is 8.80. The normalized spacial score (nSPS) is 18.4. The fourth-order valence-electron chi connectivity index (χ4n) is 2.03. The molecule has 8 heteroatoms. The van der Waals surface area contributed by atoms with Crippen molar-refractivity contribution in [3.63, 3.8) is 0 Å². The summed E-state index contributed by atoms with van der Waals surface area (Å²) >= 11 is 6.07. The van der Waals surface area contributed by atoms with Gasteiger partial charge in [0.2, 0.25) is 5.91 Å². The van der Waals surface area contributed by atoms with Crippen molar-refractivity contribution in [2.75, 3.05) is 6.61 Å². The standard InChI is InChI=1S/C11H11Cl2NO4S/c1-6(15)14-8-4-5-18-11-9(19(13,16)17)3-2-7(12)10(8)11/h2-3,8H,4-5H2,1H3,(H,14,15). The minimum atomic E-state index is -3.94. The second-order valence-electron chi connectivity index (χ2n) is 4.12. The van der Waals surface area contributed by atoms with Crippen LogP contribution in [0.15, 0.2) is 17.0 Å². The van der Waals surface area contributed by atoms with Gasteiger partial charge in [-0.1, -0.05) is 11.6 Å². The molecule has 0 saturated carbocycles. The molecular weight excluding hydrogens is 313 g/mol. The molecule has 1 amide bonds. The third-order valence-corrected chi connectivity index (χ3v) is 4.42. The molecule has 1 aromatic carbocycles. The van der Waals surface area contributed by atoms with E-state index >= 15 is 0 Å². The van der Waals surface area contributed by atoms with Crippen molar-refractivity contribution in [1.29, 1.82) is 0 Å². The number of hydrogen-bond acceptors (Lipinski definition) is 4. The number of rotatable bonds is 2. The first-order valence-corrected chi connectivity index (χ1v) is 8.16. The molecule has 1 atom stereocenters. The lowest BCUT2D eigenvalue weighted by molar-refractivity contribution is -0.119. The summed E-state index contributed by atoms with van der Waals surface area (Å²) in [7, 11) is 1.43. The highest BCUT2D eigenvalue weighted by atomic mass is 35.7. The Morgan fingerprint density at radius 1 is 1.47 bits per heavy atom. The predicted octanol–water partition coefficient (Wildman–Crippen LogP) is 2.23. The van der Waals surface area contributed by atoms with Gasteiger partial charge in [0.05, 0.1) is 12.6 Å². The fourth-order valence-corrected chi connectivity index (χ4v) is 3.30. The van der Waals surface area contributed by atoms with Gasteiger partial charge in [0.25, 0.3) is 9.05 Å². The quantitative estimate of drug-likeness (QED) is 0.847. The van der Waals surface area contributed by atoms with E-state index in [4.69, 9.17) is 27.0 Å². The van der Waals surface area contributed by atoms with Crippen LogP contribution < -0.4 is 10.1 Å². The summed E-state index contributed by atoms with van der Waals surface area (Å²) in [6, 6.07) is 2.34. The van der Waals surface area contributed by atoms with Gasteiger partial charge in [-0.25, -0.2) is 8.42 Å². The second kappa shape index (κ2) is 5.19. The van der Waals surface area contributed by atoms with Crippen LogP contribution in [-0.2, 0) is 13.8 Å². The lowest BCUT2D eigenvalue weighted by Crippen LogP contribution is -2.31. The fraction of sp³-hybridized carbons (Fsp3) is 0.364. The van der Waals surface area contributed by atoms with Gasteiger partial charge < -0.3 is 10.1 Å². The Balaban J connectivity index is 2.60. The van der Waals surface area contributed by atoms with Crippen molar-refractivity contribution in [3.05, 3.63) is 22.7 Å². The van der Waals surface area contributed by atoms with Crippen molar-refractivity contribution in [2.45, 2.75) is 24.3 Å². The highest BCUT2D eigenvalue weighted by Gasteiger charge is 2.30. The third-order valence-electron chi connectivity index (χ3n) is 2.75. The maximum atomic E-state index is 11.5. The molecule has 0 aliphatic carbocycles. The van der Waals surface area contributed by atoms with Crippen LogP contribution in [0.25, 0.3) is 0 Å². The lowest BCUT2D eigenvalue weighted by atomic mass is 10.0. The smallest absolute Gasteiger partial charge is 0.264 e. The summed E-state index contributed by atoms with van der Waals surface area (Å²) < 4.78 is 28.4. The molecule has 0 bridgehead atoms. The van der Waals surface area contributed by atoms with Crippen LogP contribution in [0.5, 0.6) is 5.75 Å². The van der Waals surface area contributed by atoms with Gasteiger partial charge in [0.15, 0.2) is 0 Å². The average Bonchev–Trinajstić information content (AvgIpc) is 2.26. The van der Waals surface area contributed by atoms with E-state index in [0.29, 0.717) is 17.0 Å². The van der Waals surface area contributed by atoms with E-state index in [1.54, 1.807) is 0 Å². The largest absolute Gasteiger partial charge is 0.492 e. The first kappa shape index (κ1) is 14.4. The van der Waals surface area contributed by atoms with Crippen molar-refractivity contribution in [1.82, 2.24) is 5.32 Å². The Labute approximate surface area is 120 Å². The maximum Gasteiger partial charge on any atom is 0.264 e. The number of ether oxygens (including phenoxy) is 1. The van der Waals surface area contributed by atoms with E-state index in [-0.39, 0.29) is 29.2 Å². The van der Waals surface area contributed by atoms with Gasteiger partial charge in [-0.2, -0.15) is 0 Å².